The number of nitrogens with one attached hydrogen (secondary N) is 1. The Balaban J connectivity index is 2.04. The smallest absolute Gasteiger partial charge is 0.322 e. The van der Waals surface area contributed by atoms with Crippen LogP contribution >= 0.6 is 11.6 Å². The number of aliphatic carboxylic acids is 1. The molecule has 0 radical (unpaired) electrons. The van der Waals surface area contributed by atoms with Crippen LogP contribution in [-0.4, -0.2) is 34.6 Å². The predicted octanol–water partition coefficient (Wildman–Crippen LogP) is 2.95. The highest BCUT2D eigenvalue weighted by Gasteiger charge is 2.33. The summed E-state index contributed by atoms with van der Waals surface area (Å²) in [5, 5.41) is 11.4. The van der Waals surface area contributed by atoms with Crippen molar-refractivity contribution >= 4 is 29.3 Å². The van der Waals surface area contributed by atoms with E-state index in [1.807, 2.05) is 0 Å². The maximum atomic E-state index is 13.5. The minimum absolute atomic E-state index is 0.0107. The molecule has 0 heterocycles. The summed E-state index contributed by atoms with van der Waals surface area (Å²) < 4.78 is 13.5. The van der Waals surface area contributed by atoms with Crippen molar-refractivity contribution in [3.05, 3.63) is 29.0 Å². The lowest BCUT2D eigenvalue weighted by Crippen LogP contribution is -2.38. The van der Waals surface area contributed by atoms with E-state index in [1.54, 1.807) is 0 Å². The highest BCUT2D eigenvalue weighted by Crippen LogP contribution is 2.28. The number of urea groups is 1. The first-order chi connectivity index (χ1) is 9.47. The van der Waals surface area contributed by atoms with Crippen LogP contribution in [0.15, 0.2) is 18.2 Å². The molecule has 108 valence electrons. The van der Waals surface area contributed by atoms with Gasteiger partial charge in [0.15, 0.2) is 0 Å². The number of hydrogen-bond donors (Lipinski definition) is 2. The number of halogens is 2. The molecule has 2 N–H and O–H groups in total. The van der Waals surface area contributed by atoms with Gasteiger partial charge in [-0.25, -0.2) is 9.18 Å². The van der Waals surface area contributed by atoms with Crippen LogP contribution in [0.3, 0.4) is 0 Å². The number of benzene rings is 1. The third-order valence-corrected chi connectivity index (χ3v) is 3.22. The van der Waals surface area contributed by atoms with Gasteiger partial charge in [-0.15, -0.1) is 0 Å². The van der Waals surface area contributed by atoms with Gasteiger partial charge in [0, 0.05) is 17.6 Å². The van der Waals surface area contributed by atoms with E-state index < -0.39 is 17.8 Å². The van der Waals surface area contributed by atoms with Crippen LogP contribution in [0.1, 0.15) is 19.3 Å². The molecule has 1 saturated carbocycles. The zero-order chi connectivity index (χ0) is 14.7. The second-order valence-corrected chi connectivity index (χ2v) is 5.06. The SMILES string of the molecule is O=C(O)CCN(C(=O)Nc1cc(Cl)ccc1F)C1CC1. The maximum Gasteiger partial charge on any atom is 0.322 e. The molecule has 0 bridgehead atoms. The highest BCUT2D eigenvalue weighted by atomic mass is 35.5. The summed E-state index contributed by atoms with van der Waals surface area (Å²) >= 11 is 5.75. The molecule has 0 aromatic heterocycles. The number of rotatable bonds is 5. The quantitative estimate of drug-likeness (QED) is 0.878. The zero-order valence-electron chi connectivity index (χ0n) is 10.6. The molecular weight excluding hydrogens is 287 g/mol. The summed E-state index contributed by atoms with van der Waals surface area (Å²) in [6, 6.07) is 3.40. The third kappa shape index (κ3) is 3.84. The van der Waals surface area contributed by atoms with E-state index in [-0.39, 0.29) is 24.7 Å². The van der Waals surface area contributed by atoms with Crippen LogP contribution in [0.25, 0.3) is 0 Å². The lowest BCUT2D eigenvalue weighted by molar-refractivity contribution is -0.137. The number of carboxylic acid groups (broad SMARTS) is 1. The van der Waals surface area contributed by atoms with Gasteiger partial charge in [0.1, 0.15) is 5.82 Å². The molecule has 1 aliphatic carbocycles. The Morgan fingerprint density at radius 2 is 2.15 bits per heavy atom. The normalized spacial score (nSPS) is 13.9. The average Bonchev–Trinajstić information content (AvgIpc) is 3.18. The van der Waals surface area contributed by atoms with Crippen LogP contribution < -0.4 is 5.32 Å². The molecule has 0 spiro atoms. The van der Waals surface area contributed by atoms with Crippen molar-refractivity contribution in [2.45, 2.75) is 25.3 Å². The first-order valence-corrected chi connectivity index (χ1v) is 6.59. The van der Waals surface area contributed by atoms with E-state index in [4.69, 9.17) is 16.7 Å². The van der Waals surface area contributed by atoms with E-state index in [0.29, 0.717) is 5.02 Å². The summed E-state index contributed by atoms with van der Waals surface area (Å²) in [6.07, 6.45) is 1.54. The molecule has 1 aromatic rings. The first-order valence-electron chi connectivity index (χ1n) is 6.22. The van der Waals surface area contributed by atoms with E-state index >= 15 is 0 Å². The molecule has 0 aliphatic heterocycles. The van der Waals surface area contributed by atoms with Crippen molar-refractivity contribution in [3.63, 3.8) is 0 Å². The first kappa shape index (κ1) is 14.6. The summed E-state index contributed by atoms with van der Waals surface area (Å²) in [5.74, 6) is -1.56. The van der Waals surface area contributed by atoms with Gasteiger partial charge in [0.25, 0.3) is 0 Å². The number of anilines is 1. The Hall–Kier alpha value is -1.82. The van der Waals surface area contributed by atoms with Crippen LogP contribution in [0.5, 0.6) is 0 Å². The second-order valence-electron chi connectivity index (χ2n) is 4.62. The third-order valence-electron chi connectivity index (χ3n) is 2.99. The molecular formula is C13H14ClFN2O3. The fraction of sp³-hybridized carbons (Fsp3) is 0.385. The summed E-state index contributed by atoms with van der Waals surface area (Å²) in [6.45, 7) is 0.105. The second kappa shape index (κ2) is 6.09. The maximum absolute atomic E-state index is 13.5. The number of carbonyl (C=O) groups excluding carboxylic acids is 1. The van der Waals surface area contributed by atoms with Gasteiger partial charge in [-0.1, -0.05) is 11.6 Å². The Kier molecular flexibility index (Phi) is 4.44. The lowest BCUT2D eigenvalue weighted by Gasteiger charge is -2.22. The summed E-state index contributed by atoms with van der Waals surface area (Å²) in [7, 11) is 0. The number of carbonyl (C=O) groups is 2. The monoisotopic (exact) mass is 300 g/mol. The van der Waals surface area contributed by atoms with Crippen LogP contribution in [-0.2, 0) is 4.79 Å². The van der Waals surface area contributed by atoms with Gasteiger partial charge < -0.3 is 15.3 Å². The van der Waals surface area contributed by atoms with Gasteiger partial charge in [0.05, 0.1) is 12.1 Å². The molecule has 1 aromatic carbocycles. The molecule has 0 saturated heterocycles. The molecule has 0 atom stereocenters. The molecule has 0 unspecified atom stereocenters. The van der Waals surface area contributed by atoms with Crippen LogP contribution in [0.4, 0.5) is 14.9 Å². The van der Waals surface area contributed by atoms with E-state index in [1.165, 1.54) is 17.0 Å². The molecule has 20 heavy (non-hydrogen) atoms. The number of nitrogens with zero attached hydrogens (tertiary/aromatic N) is 1. The van der Waals surface area contributed by atoms with Gasteiger partial charge >= 0.3 is 12.0 Å². The van der Waals surface area contributed by atoms with E-state index in [2.05, 4.69) is 5.32 Å². The number of hydrogen-bond acceptors (Lipinski definition) is 2. The fourth-order valence-electron chi connectivity index (χ4n) is 1.83. The fourth-order valence-corrected chi connectivity index (χ4v) is 2.00. The topological polar surface area (TPSA) is 69.6 Å². The van der Waals surface area contributed by atoms with Crippen molar-refractivity contribution in [3.8, 4) is 0 Å². The van der Waals surface area contributed by atoms with Gasteiger partial charge in [0.2, 0.25) is 0 Å². The van der Waals surface area contributed by atoms with Gasteiger partial charge in [-0.05, 0) is 31.0 Å². The minimum atomic E-state index is -0.975. The van der Waals surface area contributed by atoms with Crippen molar-refractivity contribution in [2.75, 3.05) is 11.9 Å². The average molecular weight is 301 g/mol. The predicted molar refractivity (Wildman–Crippen MR) is 72.4 cm³/mol. The largest absolute Gasteiger partial charge is 0.481 e. The Bertz CT molecular complexity index is 534. The van der Waals surface area contributed by atoms with Crippen molar-refractivity contribution in [2.24, 2.45) is 0 Å². The molecule has 1 aliphatic rings. The summed E-state index contributed by atoms with van der Waals surface area (Å²) in [5.41, 5.74) is -0.0107. The van der Waals surface area contributed by atoms with Crippen molar-refractivity contribution in [1.82, 2.24) is 4.90 Å². The van der Waals surface area contributed by atoms with E-state index in [9.17, 15) is 14.0 Å². The number of carboxylic acids is 1. The Morgan fingerprint density at radius 1 is 1.45 bits per heavy atom. The van der Waals surface area contributed by atoms with Crippen LogP contribution in [0.2, 0.25) is 5.02 Å². The van der Waals surface area contributed by atoms with Gasteiger partial charge in [-0.3, -0.25) is 4.79 Å². The Morgan fingerprint density at radius 3 is 2.75 bits per heavy atom. The summed E-state index contributed by atoms with van der Waals surface area (Å²) in [4.78, 5) is 24.1. The van der Waals surface area contributed by atoms with Crippen LogP contribution in [0, 0.1) is 5.82 Å². The highest BCUT2D eigenvalue weighted by molar-refractivity contribution is 6.30. The standard InChI is InChI=1S/C13H14ClFN2O3/c14-8-1-4-10(15)11(7-8)16-13(20)17(9-2-3-9)6-5-12(18)19/h1,4,7,9H,2-3,5-6H2,(H,16,20)(H,18,19). The lowest BCUT2D eigenvalue weighted by atomic mass is 10.3. The van der Waals surface area contributed by atoms with Crippen molar-refractivity contribution in [1.29, 1.82) is 0 Å². The number of amides is 2. The molecule has 2 rings (SSSR count). The van der Waals surface area contributed by atoms with Crippen molar-refractivity contribution < 1.29 is 19.1 Å². The molecule has 1 fully saturated rings. The van der Waals surface area contributed by atoms with E-state index in [0.717, 1.165) is 18.9 Å². The Labute approximate surface area is 120 Å². The van der Waals surface area contributed by atoms with Gasteiger partial charge in [-0.2, -0.15) is 0 Å². The molecule has 2 amide bonds. The molecule has 7 heteroatoms. The molecule has 5 nitrogen and oxygen atoms in total. The minimum Gasteiger partial charge on any atom is -0.481 e. The zero-order valence-corrected chi connectivity index (χ0v) is 11.4.